The van der Waals surface area contributed by atoms with Crippen molar-refractivity contribution in [1.82, 2.24) is 0 Å². The molecule has 1 rings (SSSR count). The molecule has 0 aliphatic rings. The maximum absolute atomic E-state index is 12.4. The molecular weight excluding hydrogens is 328 g/mol. The van der Waals surface area contributed by atoms with E-state index in [1.54, 1.807) is 32.1 Å². The van der Waals surface area contributed by atoms with E-state index in [-0.39, 0.29) is 26.1 Å². The lowest BCUT2D eigenvalue weighted by atomic mass is 9.81. The highest BCUT2D eigenvalue weighted by Gasteiger charge is 2.47. The molecule has 0 spiro atoms. The number of ether oxygens (including phenoxy) is 2. The molecule has 128 valence electrons. The van der Waals surface area contributed by atoms with Crippen LogP contribution in [0.4, 0.5) is 0 Å². The van der Waals surface area contributed by atoms with Crippen molar-refractivity contribution in [1.29, 1.82) is 0 Å². The molecule has 0 saturated carbocycles. The third-order valence-corrected chi connectivity index (χ3v) is 3.75. The first-order chi connectivity index (χ1) is 11.5. The van der Waals surface area contributed by atoms with Crippen LogP contribution in [0.3, 0.4) is 0 Å². The Labute approximate surface area is 147 Å². The number of hydrogen-bond donors (Lipinski definition) is 0. The summed E-state index contributed by atoms with van der Waals surface area (Å²) in [5, 5.41) is 0.573. The summed E-state index contributed by atoms with van der Waals surface area (Å²) in [4.78, 5) is 24.8. The Morgan fingerprint density at radius 1 is 1.21 bits per heavy atom. The Morgan fingerprint density at radius 3 is 2.29 bits per heavy atom. The van der Waals surface area contributed by atoms with Gasteiger partial charge in [0.05, 0.1) is 13.2 Å². The number of halogens is 1. The molecule has 0 aliphatic carbocycles. The highest BCUT2D eigenvalue weighted by molar-refractivity contribution is 6.32. The van der Waals surface area contributed by atoms with Crippen LogP contribution < -0.4 is 0 Å². The minimum atomic E-state index is -1.54. The largest absolute Gasteiger partial charge is 0.465 e. The summed E-state index contributed by atoms with van der Waals surface area (Å²) in [6, 6.07) is 7.25. The van der Waals surface area contributed by atoms with Gasteiger partial charge in [0.25, 0.3) is 0 Å². The summed E-state index contributed by atoms with van der Waals surface area (Å²) >= 11 is 6.09. The summed E-state index contributed by atoms with van der Waals surface area (Å²) in [5.74, 6) is 1.03. The van der Waals surface area contributed by atoms with Gasteiger partial charge in [-0.25, -0.2) is 0 Å². The maximum Gasteiger partial charge on any atom is 0.324 e. The highest BCUT2D eigenvalue weighted by Crippen LogP contribution is 2.32. The second kappa shape index (κ2) is 9.79. The number of allylic oxidation sites excluding steroid dienone is 1. The van der Waals surface area contributed by atoms with E-state index in [9.17, 15) is 9.59 Å². The lowest BCUT2D eigenvalue weighted by Crippen LogP contribution is -2.41. The summed E-state index contributed by atoms with van der Waals surface area (Å²) < 4.78 is 10.1. The SMILES string of the molecule is C#CCC(C/C=C/c1ccccc1Cl)(C(=O)OCC)C(=O)OCC. The van der Waals surface area contributed by atoms with Gasteiger partial charge in [0.1, 0.15) is 0 Å². The Morgan fingerprint density at radius 2 is 1.79 bits per heavy atom. The van der Waals surface area contributed by atoms with Crippen LogP contribution in [-0.2, 0) is 19.1 Å². The first-order valence-electron chi connectivity index (χ1n) is 7.70. The topological polar surface area (TPSA) is 52.6 Å². The zero-order valence-corrected chi connectivity index (χ0v) is 14.6. The number of hydrogen-bond acceptors (Lipinski definition) is 4. The molecule has 0 aliphatic heterocycles. The Balaban J connectivity index is 3.12. The molecule has 0 unspecified atom stereocenters. The third-order valence-electron chi connectivity index (χ3n) is 3.41. The van der Waals surface area contributed by atoms with Crippen LogP contribution in [0.15, 0.2) is 30.3 Å². The van der Waals surface area contributed by atoms with Gasteiger partial charge in [0.15, 0.2) is 5.41 Å². The number of rotatable bonds is 8. The second-order valence-electron chi connectivity index (χ2n) is 5.03. The predicted octanol–water partition coefficient (Wildman–Crippen LogP) is 3.88. The Kier molecular flexibility index (Phi) is 8.08. The summed E-state index contributed by atoms with van der Waals surface area (Å²) in [5.41, 5.74) is -0.764. The van der Waals surface area contributed by atoms with Gasteiger partial charge in [-0.05, 0) is 31.9 Å². The number of carbonyl (C=O) groups excluding carboxylic acids is 2. The summed E-state index contributed by atoms with van der Waals surface area (Å²) in [6.07, 6.45) is 8.78. The van der Waals surface area contributed by atoms with Crippen molar-refractivity contribution in [2.45, 2.75) is 26.7 Å². The minimum Gasteiger partial charge on any atom is -0.465 e. The van der Waals surface area contributed by atoms with Crippen LogP contribution in [-0.4, -0.2) is 25.2 Å². The molecule has 0 bridgehead atoms. The van der Waals surface area contributed by atoms with Crippen LogP contribution in [0.1, 0.15) is 32.3 Å². The fourth-order valence-corrected chi connectivity index (χ4v) is 2.38. The maximum atomic E-state index is 12.4. The van der Waals surface area contributed by atoms with Crippen LogP contribution in [0.25, 0.3) is 6.08 Å². The smallest absolute Gasteiger partial charge is 0.324 e. The van der Waals surface area contributed by atoms with Gasteiger partial charge in [-0.3, -0.25) is 9.59 Å². The summed E-state index contributed by atoms with van der Waals surface area (Å²) in [7, 11) is 0. The van der Waals surface area contributed by atoms with E-state index in [4.69, 9.17) is 27.5 Å². The molecule has 5 heteroatoms. The van der Waals surface area contributed by atoms with Crippen LogP contribution in [0.2, 0.25) is 5.02 Å². The van der Waals surface area contributed by atoms with Crippen molar-refractivity contribution in [3.8, 4) is 12.3 Å². The predicted molar refractivity (Wildman–Crippen MR) is 94.3 cm³/mol. The molecule has 24 heavy (non-hydrogen) atoms. The van der Waals surface area contributed by atoms with Crippen LogP contribution in [0.5, 0.6) is 0 Å². The van der Waals surface area contributed by atoms with Gasteiger partial charge < -0.3 is 9.47 Å². The molecule has 4 nitrogen and oxygen atoms in total. The van der Waals surface area contributed by atoms with Gasteiger partial charge in [-0.15, -0.1) is 12.3 Å². The first-order valence-corrected chi connectivity index (χ1v) is 8.08. The lowest BCUT2D eigenvalue weighted by molar-refractivity contribution is -0.171. The molecule has 0 N–H and O–H groups in total. The quantitative estimate of drug-likeness (QED) is 0.406. The number of esters is 2. The van der Waals surface area contributed by atoms with Gasteiger partial charge in [0, 0.05) is 11.4 Å². The minimum absolute atomic E-state index is 0.0695. The Bertz CT molecular complexity index is 625. The van der Waals surface area contributed by atoms with E-state index < -0.39 is 17.4 Å². The van der Waals surface area contributed by atoms with E-state index in [1.165, 1.54) is 0 Å². The fraction of sp³-hybridized carbons (Fsp3) is 0.368. The molecule has 1 aromatic carbocycles. The van der Waals surface area contributed by atoms with Gasteiger partial charge in [-0.2, -0.15) is 0 Å². The average Bonchev–Trinajstić information content (AvgIpc) is 2.56. The van der Waals surface area contributed by atoms with Crippen molar-refractivity contribution in [3.63, 3.8) is 0 Å². The van der Waals surface area contributed by atoms with Crippen LogP contribution >= 0.6 is 11.6 Å². The monoisotopic (exact) mass is 348 g/mol. The second-order valence-corrected chi connectivity index (χ2v) is 5.44. The fourth-order valence-electron chi connectivity index (χ4n) is 2.18. The van der Waals surface area contributed by atoms with Crippen molar-refractivity contribution < 1.29 is 19.1 Å². The molecule has 0 radical (unpaired) electrons. The van der Waals surface area contributed by atoms with Gasteiger partial charge in [-0.1, -0.05) is 42.0 Å². The average molecular weight is 349 g/mol. The van der Waals surface area contributed by atoms with Crippen molar-refractivity contribution in [3.05, 3.63) is 40.9 Å². The molecule has 0 fully saturated rings. The Hall–Kier alpha value is -2.25. The molecule has 1 aromatic rings. The molecule has 0 heterocycles. The van der Waals surface area contributed by atoms with E-state index in [2.05, 4.69) is 5.92 Å². The van der Waals surface area contributed by atoms with Gasteiger partial charge >= 0.3 is 11.9 Å². The molecule has 0 atom stereocenters. The number of carbonyl (C=O) groups is 2. The van der Waals surface area contributed by atoms with E-state index in [0.717, 1.165) is 5.56 Å². The third kappa shape index (κ3) is 4.87. The standard InChI is InChI=1S/C19H21ClO4/c1-4-13-19(17(21)23-5-2,18(22)24-6-3)14-9-11-15-10-7-8-12-16(15)20/h1,7-12H,5-6,13-14H2,2-3H3/b11-9+. The van der Waals surface area contributed by atoms with E-state index >= 15 is 0 Å². The molecule has 0 saturated heterocycles. The number of terminal acetylenes is 1. The van der Waals surface area contributed by atoms with E-state index in [0.29, 0.717) is 5.02 Å². The van der Waals surface area contributed by atoms with Crippen molar-refractivity contribution in [2.75, 3.05) is 13.2 Å². The first kappa shape index (κ1) is 19.8. The van der Waals surface area contributed by atoms with Crippen LogP contribution in [0, 0.1) is 17.8 Å². The summed E-state index contributed by atoms with van der Waals surface area (Å²) in [6.45, 7) is 3.64. The normalized spacial score (nSPS) is 11.1. The van der Waals surface area contributed by atoms with E-state index in [1.807, 2.05) is 18.2 Å². The molecule has 0 amide bonds. The van der Waals surface area contributed by atoms with Crippen molar-refractivity contribution in [2.24, 2.45) is 5.41 Å². The molecule has 0 aromatic heterocycles. The number of benzene rings is 1. The lowest BCUT2D eigenvalue weighted by Gasteiger charge is -2.26. The van der Waals surface area contributed by atoms with Gasteiger partial charge in [0.2, 0.25) is 0 Å². The zero-order chi connectivity index (χ0) is 18.0. The molecular formula is C19H21ClO4. The highest BCUT2D eigenvalue weighted by atomic mass is 35.5. The zero-order valence-electron chi connectivity index (χ0n) is 13.9. The van der Waals surface area contributed by atoms with Crippen molar-refractivity contribution >= 4 is 29.6 Å².